The van der Waals surface area contributed by atoms with Crippen molar-refractivity contribution in [3.8, 4) is 0 Å². The summed E-state index contributed by atoms with van der Waals surface area (Å²) < 4.78 is 0. The third-order valence-electron chi connectivity index (χ3n) is 1.23. The largest absolute Gasteiger partial charge is 0.331 e. The highest BCUT2D eigenvalue weighted by Crippen LogP contribution is 2.03. The summed E-state index contributed by atoms with van der Waals surface area (Å²) in [4.78, 5) is 0. The van der Waals surface area contributed by atoms with Crippen LogP contribution in [0.3, 0.4) is 0 Å². The molecule has 0 unspecified atom stereocenters. The standard InChI is InChI=1S/C8H9N2S/c1-9-8(11)10-7-5-3-2-4-6-7/h2-6H,1H3,(H,10,11). The Kier molecular flexibility index (Phi) is 2.86. The average Bonchev–Trinajstić information content (AvgIpc) is 2.06. The summed E-state index contributed by atoms with van der Waals surface area (Å²) in [6, 6.07) is 9.73. The first kappa shape index (κ1) is 8.01. The van der Waals surface area contributed by atoms with E-state index in [2.05, 4.69) is 10.6 Å². The predicted molar refractivity (Wildman–Crippen MR) is 50.7 cm³/mol. The lowest BCUT2D eigenvalue weighted by atomic mass is 10.3. The highest BCUT2D eigenvalue weighted by molar-refractivity contribution is 7.80. The maximum atomic E-state index is 4.86. The second-order valence-electron chi connectivity index (χ2n) is 2.02. The number of hydrogen-bond acceptors (Lipinski definition) is 1. The molecule has 0 aliphatic carbocycles. The summed E-state index contributed by atoms with van der Waals surface area (Å²) >= 11 is 4.86. The van der Waals surface area contributed by atoms with Crippen molar-refractivity contribution in [3.63, 3.8) is 0 Å². The van der Waals surface area contributed by atoms with Crippen LogP contribution in [0.5, 0.6) is 0 Å². The van der Waals surface area contributed by atoms with Crippen LogP contribution in [0.2, 0.25) is 0 Å². The molecule has 11 heavy (non-hydrogen) atoms. The van der Waals surface area contributed by atoms with Crippen molar-refractivity contribution in [2.75, 3.05) is 12.4 Å². The Morgan fingerprint density at radius 1 is 1.36 bits per heavy atom. The molecule has 0 heterocycles. The third-order valence-corrected chi connectivity index (χ3v) is 1.51. The summed E-state index contributed by atoms with van der Waals surface area (Å²) in [5.74, 6) is 0. The SMILES string of the molecule is C[N]C(=S)Nc1ccccc1. The van der Waals surface area contributed by atoms with Gasteiger partial charge in [-0.25, -0.2) is 0 Å². The van der Waals surface area contributed by atoms with Gasteiger partial charge in [0.2, 0.25) is 0 Å². The van der Waals surface area contributed by atoms with Crippen molar-refractivity contribution in [1.29, 1.82) is 0 Å². The molecule has 1 N–H and O–H groups in total. The molecule has 1 aromatic carbocycles. The molecule has 0 fully saturated rings. The van der Waals surface area contributed by atoms with E-state index in [-0.39, 0.29) is 0 Å². The molecule has 0 spiro atoms. The van der Waals surface area contributed by atoms with Gasteiger partial charge in [0.15, 0.2) is 5.11 Å². The number of nitrogens with one attached hydrogen (secondary N) is 1. The summed E-state index contributed by atoms with van der Waals surface area (Å²) in [6.07, 6.45) is 0. The number of nitrogens with zero attached hydrogens (tertiary/aromatic N) is 1. The van der Waals surface area contributed by atoms with Gasteiger partial charge < -0.3 is 5.32 Å². The zero-order valence-corrected chi connectivity index (χ0v) is 7.06. The van der Waals surface area contributed by atoms with Crippen molar-refractivity contribution >= 4 is 23.0 Å². The third kappa shape index (κ3) is 2.55. The van der Waals surface area contributed by atoms with E-state index in [9.17, 15) is 0 Å². The quantitative estimate of drug-likeness (QED) is 0.640. The molecule has 2 nitrogen and oxygen atoms in total. The fourth-order valence-corrected chi connectivity index (χ4v) is 0.819. The summed E-state index contributed by atoms with van der Waals surface area (Å²) in [5, 5.41) is 7.27. The Labute approximate surface area is 71.6 Å². The maximum Gasteiger partial charge on any atom is 0.192 e. The number of para-hydroxylation sites is 1. The second kappa shape index (κ2) is 3.93. The van der Waals surface area contributed by atoms with E-state index >= 15 is 0 Å². The molecule has 0 aromatic heterocycles. The van der Waals surface area contributed by atoms with Crippen molar-refractivity contribution in [3.05, 3.63) is 30.3 Å². The lowest BCUT2D eigenvalue weighted by Crippen LogP contribution is -2.17. The lowest BCUT2D eigenvalue weighted by Gasteiger charge is -2.03. The van der Waals surface area contributed by atoms with Crippen molar-refractivity contribution in [2.24, 2.45) is 0 Å². The number of thiocarbonyl (C=S) groups is 1. The zero-order valence-electron chi connectivity index (χ0n) is 6.24. The van der Waals surface area contributed by atoms with Gasteiger partial charge in [0.1, 0.15) is 0 Å². The Morgan fingerprint density at radius 3 is 2.55 bits per heavy atom. The molecular formula is C8H9N2S. The van der Waals surface area contributed by atoms with Gasteiger partial charge in [-0.1, -0.05) is 18.2 Å². The molecule has 57 valence electrons. The Bertz CT molecular complexity index is 233. The van der Waals surface area contributed by atoms with Gasteiger partial charge >= 0.3 is 0 Å². The normalized spacial score (nSPS) is 8.82. The van der Waals surface area contributed by atoms with Gasteiger partial charge in [-0.05, 0) is 24.4 Å². The number of benzene rings is 1. The van der Waals surface area contributed by atoms with Crippen LogP contribution in [-0.2, 0) is 0 Å². The van der Waals surface area contributed by atoms with Gasteiger partial charge in [-0.15, -0.1) is 0 Å². The monoisotopic (exact) mass is 165 g/mol. The summed E-state index contributed by atoms with van der Waals surface area (Å²) in [6.45, 7) is 0. The molecule has 1 rings (SSSR count). The fourth-order valence-electron chi connectivity index (χ4n) is 0.701. The van der Waals surface area contributed by atoms with Crippen LogP contribution < -0.4 is 10.6 Å². The number of anilines is 1. The zero-order chi connectivity index (χ0) is 8.10. The van der Waals surface area contributed by atoms with Gasteiger partial charge in [0.25, 0.3) is 0 Å². The molecule has 0 bridgehead atoms. The minimum Gasteiger partial charge on any atom is -0.331 e. The maximum absolute atomic E-state index is 4.86. The van der Waals surface area contributed by atoms with E-state index in [0.29, 0.717) is 5.11 Å². The lowest BCUT2D eigenvalue weighted by molar-refractivity contribution is 1.17. The molecule has 3 heteroatoms. The van der Waals surface area contributed by atoms with Crippen LogP contribution in [-0.4, -0.2) is 12.2 Å². The Morgan fingerprint density at radius 2 is 2.00 bits per heavy atom. The Balaban J connectivity index is 2.58. The van der Waals surface area contributed by atoms with Crippen molar-refractivity contribution in [1.82, 2.24) is 5.32 Å². The van der Waals surface area contributed by atoms with E-state index in [0.717, 1.165) is 5.69 Å². The molecule has 0 atom stereocenters. The molecule has 0 saturated heterocycles. The molecular weight excluding hydrogens is 156 g/mol. The smallest absolute Gasteiger partial charge is 0.192 e. The van der Waals surface area contributed by atoms with Crippen LogP contribution in [0.15, 0.2) is 30.3 Å². The predicted octanol–water partition coefficient (Wildman–Crippen LogP) is 1.62. The van der Waals surface area contributed by atoms with Crippen LogP contribution >= 0.6 is 12.2 Å². The molecule has 1 aromatic rings. The van der Waals surface area contributed by atoms with Crippen LogP contribution in [0.25, 0.3) is 0 Å². The van der Waals surface area contributed by atoms with Crippen LogP contribution in [0.1, 0.15) is 0 Å². The van der Waals surface area contributed by atoms with Crippen molar-refractivity contribution in [2.45, 2.75) is 0 Å². The van der Waals surface area contributed by atoms with E-state index in [1.54, 1.807) is 7.05 Å². The van der Waals surface area contributed by atoms with E-state index in [4.69, 9.17) is 12.2 Å². The van der Waals surface area contributed by atoms with E-state index < -0.39 is 0 Å². The first-order chi connectivity index (χ1) is 5.33. The summed E-state index contributed by atoms with van der Waals surface area (Å²) in [5.41, 5.74) is 0.975. The van der Waals surface area contributed by atoms with Gasteiger partial charge in [0.05, 0.1) is 0 Å². The molecule has 0 amide bonds. The minimum atomic E-state index is 0.510. The first-order valence-electron chi connectivity index (χ1n) is 3.29. The van der Waals surface area contributed by atoms with Crippen LogP contribution in [0.4, 0.5) is 5.69 Å². The average molecular weight is 165 g/mol. The topological polar surface area (TPSA) is 26.1 Å². The van der Waals surface area contributed by atoms with E-state index in [1.807, 2.05) is 30.3 Å². The molecule has 0 saturated carbocycles. The van der Waals surface area contributed by atoms with Crippen molar-refractivity contribution < 1.29 is 0 Å². The summed E-state index contributed by atoms with van der Waals surface area (Å²) in [7, 11) is 1.66. The first-order valence-corrected chi connectivity index (χ1v) is 3.69. The molecule has 1 radical (unpaired) electrons. The minimum absolute atomic E-state index is 0.510. The number of rotatable bonds is 1. The van der Waals surface area contributed by atoms with Crippen LogP contribution in [0, 0.1) is 0 Å². The highest BCUT2D eigenvalue weighted by Gasteiger charge is 1.92. The molecule has 0 aliphatic rings. The number of hydrogen-bond donors (Lipinski definition) is 1. The van der Waals surface area contributed by atoms with E-state index in [1.165, 1.54) is 0 Å². The Hall–Kier alpha value is -1.09. The van der Waals surface area contributed by atoms with Gasteiger partial charge in [0, 0.05) is 12.7 Å². The second-order valence-corrected chi connectivity index (χ2v) is 2.41. The fraction of sp³-hybridized carbons (Fsp3) is 0.125. The van der Waals surface area contributed by atoms with Gasteiger partial charge in [-0.3, -0.25) is 5.32 Å². The molecule has 0 aliphatic heterocycles. The highest BCUT2D eigenvalue weighted by atomic mass is 32.1. The van der Waals surface area contributed by atoms with Gasteiger partial charge in [-0.2, -0.15) is 0 Å².